The Morgan fingerprint density at radius 1 is 1.16 bits per heavy atom. The topological polar surface area (TPSA) is 73.3 Å². The zero-order valence-corrected chi connectivity index (χ0v) is 14.1. The van der Waals surface area contributed by atoms with E-state index in [9.17, 15) is 4.79 Å². The largest absolute Gasteiger partial charge is 0.474 e. The third kappa shape index (κ3) is 4.10. The van der Waals surface area contributed by atoms with Crippen LogP contribution >= 0.6 is 0 Å². The second-order valence-corrected chi connectivity index (χ2v) is 5.58. The zero-order valence-electron chi connectivity index (χ0n) is 14.1. The molecule has 3 rings (SSSR count). The Bertz CT molecular complexity index is 868. The Morgan fingerprint density at radius 2 is 2.04 bits per heavy atom. The van der Waals surface area contributed by atoms with E-state index in [4.69, 9.17) is 9.47 Å². The number of fused-ring (bicyclic) bond motifs is 1. The number of pyridine rings is 2. The molecular formula is C19H19N3O3. The normalized spacial score (nSPS) is 11.9. The maximum atomic E-state index is 12.2. The molecule has 128 valence electrons. The van der Waals surface area contributed by atoms with Crippen molar-refractivity contribution in [3.05, 3.63) is 60.6 Å². The summed E-state index contributed by atoms with van der Waals surface area (Å²) in [6.07, 6.45) is 3.25. The maximum Gasteiger partial charge on any atom is 0.274 e. The van der Waals surface area contributed by atoms with Crippen molar-refractivity contribution in [2.45, 2.75) is 13.0 Å². The number of ether oxygens (including phenoxy) is 2. The first-order valence-electron chi connectivity index (χ1n) is 7.94. The number of benzene rings is 1. The highest BCUT2D eigenvalue weighted by molar-refractivity contribution is 6.04. The Kier molecular flexibility index (Phi) is 5.20. The predicted octanol–water partition coefficient (Wildman–Crippen LogP) is 3.30. The molecule has 0 aliphatic heterocycles. The molecule has 1 atom stereocenters. The van der Waals surface area contributed by atoms with Gasteiger partial charge in [0.05, 0.1) is 6.10 Å². The van der Waals surface area contributed by atoms with Gasteiger partial charge in [-0.1, -0.05) is 6.07 Å². The fraction of sp³-hybridized carbons (Fsp3) is 0.211. The fourth-order valence-electron chi connectivity index (χ4n) is 2.30. The van der Waals surface area contributed by atoms with Gasteiger partial charge in [0.1, 0.15) is 12.3 Å². The molecule has 0 bridgehead atoms. The number of methoxy groups -OCH3 is 1. The summed E-state index contributed by atoms with van der Waals surface area (Å²) in [4.78, 5) is 20.5. The van der Waals surface area contributed by atoms with Gasteiger partial charge in [0.15, 0.2) is 0 Å². The van der Waals surface area contributed by atoms with Crippen LogP contribution in [0.4, 0.5) is 5.69 Å². The molecule has 0 saturated carbocycles. The van der Waals surface area contributed by atoms with Crippen LogP contribution in [0.5, 0.6) is 5.88 Å². The second kappa shape index (κ2) is 7.72. The van der Waals surface area contributed by atoms with Gasteiger partial charge in [-0.3, -0.25) is 9.78 Å². The number of nitrogens with zero attached hydrogens (tertiary/aromatic N) is 2. The smallest absolute Gasteiger partial charge is 0.274 e. The first-order chi connectivity index (χ1) is 12.2. The number of rotatable bonds is 6. The van der Waals surface area contributed by atoms with Crippen molar-refractivity contribution in [2.75, 3.05) is 19.0 Å². The molecule has 25 heavy (non-hydrogen) atoms. The van der Waals surface area contributed by atoms with Crippen LogP contribution in [0.2, 0.25) is 0 Å². The number of nitrogens with one attached hydrogen (secondary N) is 1. The van der Waals surface area contributed by atoms with Crippen LogP contribution in [0.3, 0.4) is 0 Å². The Morgan fingerprint density at radius 3 is 2.80 bits per heavy atom. The predicted molar refractivity (Wildman–Crippen MR) is 95.9 cm³/mol. The number of aromatic nitrogens is 2. The Balaban J connectivity index is 1.80. The Hall–Kier alpha value is -2.99. The van der Waals surface area contributed by atoms with E-state index in [2.05, 4.69) is 15.3 Å². The minimum atomic E-state index is -0.251. The van der Waals surface area contributed by atoms with Crippen molar-refractivity contribution in [1.29, 1.82) is 0 Å². The monoisotopic (exact) mass is 337 g/mol. The minimum absolute atomic E-state index is 0.0195. The SMILES string of the molecule is CO[C@@H](C)COc1nccc2cc(NC(=O)c3ccccn3)ccc12. The van der Waals surface area contributed by atoms with Crippen molar-refractivity contribution in [3.8, 4) is 5.88 Å². The lowest BCUT2D eigenvalue weighted by Crippen LogP contribution is -2.16. The molecule has 1 aromatic carbocycles. The van der Waals surface area contributed by atoms with Gasteiger partial charge in [-0.15, -0.1) is 0 Å². The van der Waals surface area contributed by atoms with Gasteiger partial charge in [-0.2, -0.15) is 0 Å². The third-order valence-corrected chi connectivity index (χ3v) is 3.74. The van der Waals surface area contributed by atoms with E-state index in [-0.39, 0.29) is 12.0 Å². The fourth-order valence-corrected chi connectivity index (χ4v) is 2.30. The summed E-state index contributed by atoms with van der Waals surface area (Å²) in [6.45, 7) is 2.34. The van der Waals surface area contributed by atoms with Crippen molar-refractivity contribution in [3.63, 3.8) is 0 Å². The molecule has 1 amide bonds. The molecule has 2 aromatic heterocycles. The molecule has 0 spiro atoms. The average Bonchev–Trinajstić information content (AvgIpc) is 2.66. The summed E-state index contributed by atoms with van der Waals surface area (Å²) in [6, 6.07) is 12.7. The van der Waals surface area contributed by atoms with Crippen molar-refractivity contribution in [1.82, 2.24) is 9.97 Å². The summed E-state index contributed by atoms with van der Waals surface area (Å²) < 4.78 is 10.9. The first kappa shape index (κ1) is 16.9. The van der Waals surface area contributed by atoms with E-state index >= 15 is 0 Å². The molecule has 0 aliphatic carbocycles. The van der Waals surface area contributed by atoms with Crippen molar-refractivity contribution >= 4 is 22.4 Å². The van der Waals surface area contributed by atoms with E-state index in [0.29, 0.717) is 23.9 Å². The molecular weight excluding hydrogens is 318 g/mol. The standard InChI is InChI=1S/C19H19N3O3/c1-13(24-2)12-25-19-16-7-6-15(11-14(16)8-10-21-19)22-18(23)17-5-3-4-9-20-17/h3-11,13H,12H2,1-2H3,(H,22,23)/t13-/m0/s1. The Labute approximate surface area is 145 Å². The molecule has 6 nitrogen and oxygen atoms in total. The summed E-state index contributed by atoms with van der Waals surface area (Å²) >= 11 is 0. The van der Waals surface area contributed by atoms with Gasteiger partial charge in [-0.05, 0) is 48.7 Å². The van der Waals surface area contributed by atoms with Crippen LogP contribution in [0.1, 0.15) is 17.4 Å². The van der Waals surface area contributed by atoms with Gasteiger partial charge in [0.25, 0.3) is 5.91 Å². The van der Waals surface area contributed by atoms with Gasteiger partial charge in [0.2, 0.25) is 5.88 Å². The quantitative estimate of drug-likeness (QED) is 0.747. The van der Waals surface area contributed by atoms with Crippen LogP contribution in [-0.2, 0) is 4.74 Å². The summed E-state index contributed by atoms with van der Waals surface area (Å²) in [5.74, 6) is 0.295. The number of anilines is 1. The number of carbonyl (C=O) groups excluding carboxylic acids is 1. The van der Waals surface area contributed by atoms with Crippen LogP contribution < -0.4 is 10.1 Å². The highest BCUT2D eigenvalue weighted by atomic mass is 16.5. The summed E-state index contributed by atoms with van der Waals surface area (Å²) in [5.41, 5.74) is 1.06. The highest BCUT2D eigenvalue weighted by Crippen LogP contribution is 2.26. The van der Waals surface area contributed by atoms with Crippen LogP contribution in [0, 0.1) is 0 Å². The van der Waals surface area contributed by atoms with Gasteiger partial charge < -0.3 is 14.8 Å². The van der Waals surface area contributed by atoms with Crippen molar-refractivity contribution in [2.24, 2.45) is 0 Å². The molecule has 0 saturated heterocycles. The lowest BCUT2D eigenvalue weighted by Gasteiger charge is -2.13. The lowest BCUT2D eigenvalue weighted by atomic mass is 10.1. The number of carbonyl (C=O) groups is 1. The third-order valence-electron chi connectivity index (χ3n) is 3.74. The van der Waals surface area contributed by atoms with Crippen LogP contribution in [0.25, 0.3) is 10.8 Å². The molecule has 3 aromatic rings. The maximum absolute atomic E-state index is 12.2. The van der Waals surface area contributed by atoms with Gasteiger partial charge in [0, 0.05) is 30.6 Å². The number of hydrogen-bond acceptors (Lipinski definition) is 5. The van der Waals surface area contributed by atoms with E-state index in [1.165, 1.54) is 0 Å². The molecule has 0 unspecified atom stereocenters. The number of hydrogen-bond donors (Lipinski definition) is 1. The van der Waals surface area contributed by atoms with Crippen LogP contribution in [-0.4, -0.2) is 35.7 Å². The van der Waals surface area contributed by atoms with E-state index in [1.807, 2.05) is 31.2 Å². The van der Waals surface area contributed by atoms with E-state index in [1.54, 1.807) is 37.7 Å². The molecule has 0 radical (unpaired) electrons. The van der Waals surface area contributed by atoms with Crippen molar-refractivity contribution < 1.29 is 14.3 Å². The molecule has 6 heteroatoms. The molecule has 0 fully saturated rings. The summed E-state index contributed by atoms with van der Waals surface area (Å²) in [5, 5.41) is 4.65. The van der Waals surface area contributed by atoms with E-state index < -0.39 is 0 Å². The highest BCUT2D eigenvalue weighted by Gasteiger charge is 2.10. The lowest BCUT2D eigenvalue weighted by molar-refractivity contribution is 0.0706. The zero-order chi connectivity index (χ0) is 17.6. The number of amides is 1. The second-order valence-electron chi connectivity index (χ2n) is 5.58. The minimum Gasteiger partial charge on any atom is -0.474 e. The molecule has 1 N–H and O–H groups in total. The summed E-state index contributed by atoms with van der Waals surface area (Å²) in [7, 11) is 1.64. The van der Waals surface area contributed by atoms with Crippen LogP contribution in [0.15, 0.2) is 54.9 Å². The van der Waals surface area contributed by atoms with Gasteiger partial charge >= 0.3 is 0 Å². The van der Waals surface area contributed by atoms with Gasteiger partial charge in [-0.25, -0.2) is 4.98 Å². The first-order valence-corrected chi connectivity index (χ1v) is 7.94. The molecule has 2 heterocycles. The average molecular weight is 337 g/mol. The molecule has 0 aliphatic rings. The van der Waals surface area contributed by atoms with E-state index in [0.717, 1.165) is 10.8 Å².